The zero-order valence-electron chi connectivity index (χ0n) is 13.5. The SMILES string of the molecule is CC1(C)C(C=C(Cl)Cl)C1C(=O)OC(C#N)c1ccc(C=C(Br)Br)cc1. The van der Waals surface area contributed by atoms with Gasteiger partial charge in [-0.05, 0) is 60.9 Å². The Kier molecular flexibility index (Phi) is 6.78. The summed E-state index contributed by atoms with van der Waals surface area (Å²) in [6, 6.07) is 9.25. The van der Waals surface area contributed by atoms with Crippen LogP contribution in [0.5, 0.6) is 0 Å². The van der Waals surface area contributed by atoms with Crippen LogP contribution in [0.2, 0.25) is 0 Å². The number of hydrogen-bond donors (Lipinski definition) is 0. The third kappa shape index (κ3) is 5.10. The number of hydrogen-bond acceptors (Lipinski definition) is 3. The summed E-state index contributed by atoms with van der Waals surface area (Å²) in [4.78, 5) is 12.5. The van der Waals surface area contributed by atoms with Crippen LogP contribution in [0.1, 0.15) is 31.1 Å². The normalized spacial score (nSPS) is 21.5. The van der Waals surface area contributed by atoms with E-state index in [0.29, 0.717) is 5.56 Å². The van der Waals surface area contributed by atoms with Crippen LogP contribution in [0.25, 0.3) is 6.08 Å². The Bertz CT molecular complexity index is 758. The maximum Gasteiger partial charge on any atom is 0.311 e. The summed E-state index contributed by atoms with van der Waals surface area (Å²) >= 11 is 18.0. The van der Waals surface area contributed by atoms with Crippen molar-refractivity contribution in [2.24, 2.45) is 17.3 Å². The van der Waals surface area contributed by atoms with Gasteiger partial charge in [0, 0.05) is 5.56 Å². The fourth-order valence-corrected chi connectivity index (χ4v) is 3.63. The van der Waals surface area contributed by atoms with Crippen LogP contribution in [0, 0.1) is 28.6 Å². The first kappa shape index (κ1) is 20.5. The van der Waals surface area contributed by atoms with E-state index >= 15 is 0 Å². The summed E-state index contributed by atoms with van der Waals surface area (Å²) in [5.41, 5.74) is 1.28. The van der Waals surface area contributed by atoms with Gasteiger partial charge in [0.25, 0.3) is 0 Å². The third-order valence-electron chi connectivity index (χ3n) is 4.34. The fraction of sp³-hybridized carbons (Fsp3) is 0.333. The van der Waals surface area contributed by atoms with Crippen LogP contribution in [-0.4, -0.2) is 5.97 Å². The van der Waals surface area contributed by atoms with Gasteiger partial charge in [0.05, 0.1) is 9.31 Å². The van der Waals surface area contributed by atoms with Crippen molar-refractivity contribution in [3.8, 4) is 6.07 Å². The molecule has 1 aliphatic carbocycles. The van der Waals surface area contributed by atoms with Crippen LogP contribution in [0.3, 0.4) is 0 Å². The van der Waals surface area contributed by atoms with E-state index in [1.165, 1.54) is 0 Å². The second kappa shape index (κ2) is 8.26. The van der Waals surface area contributed by atoms with Gasteiger partial charge in [-0.2, -0.15) is 5.26 Å². The summed E-state index contributed by atoms with van der Waals surface area (Å²) < 4.78 is 6.37. The highest BCUT2D eigenvalue weighted by molar-refractivity contribution is 9.28. The molecule has 3 unspecified atom stereocenters. The minimum atomic E-state index is -0.953. The number of allylic oxidation sites excluding steroid dienone is 1. The maximum atomic E-state index is 12.5. The van der Waals surface area contributed by atoms with Crippen molar-refractivity contribution < 1.29 is 9.53 Å². The average molecular weight is 508 g/mol. The molecule has 0 amide bonds. The number of nitriles is 1. The quantitative estimate of drug-likeness (QED) is 0.429. The number of carbonyl (C=O) groups is 1. The van der Waals surface area contributed by atoms with Gasteiger partial charge in [0.1, 0.15) is 10.6 Å². The van der Waals surface area contributed by atoms with E-state index in [0.717, 1.165) is 8.96 Å². The summed E-state index contributed by atoms with van der Waals surface area (Å²) in [6.07, 6.45) is 2.57. The minimum absolute atomic E-state index is 0.0897. The van der Waals surface area contributed by atoms with Crippen LogP contribution in [-0.2, 0) is 9.53 Å². The van der Waals surface area contributed by atoms with Crippen molar-refractivity contribution in [1.29, 1.82) is 5.26 Å². The summed E-state index contributed by atoms with van der Waals surface area (Å²) in [6.45, 7) is 3.88. The molecule has 0 heterocycles. The number of benzene rings is 1. The minimum Gasteiger partial charge on any atom is -0.442 e. The first-order chi connectivity index (χ1) is 11.7. The van der Waals surface area contributed by atoms with Gasteiger partial charge in [-0.15, -0.1) is 0 Å². The molecule has 132 valence electrons. The molecule has 7 heteroatoms. The second-order valence-corrected chi connectivity index (χ2v) is 10.1. The summed E-state index contributed by atoms with van der Waals surface area (Å²) in [5, 5.41) is 9.38. The Labute approximate surface area is 173 Å². The lowest BCUT2D eigenvalue weighted by molar-refractivity contribution is -0.149. The van der Waals surface area contributed by atoms with Crippen molar-refractivity contribution in [3.05, 3.63) is 49.4 Å². The molecule has 0 aliphatic heterocycles. The number of halogens is 4. The number of nitrogens with zero attached hydrogens (tertiary/aromatic N) is 1. The van der Waals surface area contributed by atoms with Crippen LogP contribution >= 0.6 is 55.1 Å². The molecule has 1 saturated carbocycles. The molecule has 1 aromatic rings. The highest BCUT2D eigenvalue weighted by Crippen LogP contribution is 2.60. The van der Waals surface area contributed by atoms with Gasteiger partial charge < -0.3 is 4.74 Å². The maximum absolute atomic E-state index is 12.5. The molecular formula is C18H15Br2Cl2NO2. The lowest BCUT2D eigenvalue weighted by Crippen LogP contribution is -2.14. The predicted octanol–water partition coefficient (Wildman–Crippen LogP) is 6.47. The molecule has 25 heavy (non-hydrogen) atoms. The molecule has 3 nitrogen and oxygen atoms in total. The lowest BCUT2D eigenvalue weighted by atomic mass is 10.1. The van der Waals surface area contributed by atoms with Crippen LogP contribution in [0.15, 0.2) is 38.2 Å². The molecular weight excluding hydrogens is 493 g/mol. The van der Waals surface area contributed by atoms with E-state index < -0.39 is 12.1 Å². The molecule has 1 aliphatic rings. The molecule has 0 bridgehead atoms. The summed E-state index contributed by atoms with van der Waals surface area (Å²) in [7, 11) is 0. The molecule has 3 atom stereocenters. The van der Waals surface area contributed by atoms with Gasteiger partial charge >= 0.3 is 5.97 Å². The highest BCUT2D eigenvalue weighted by Gasteiger charge is 2.62. The van der Waals surface area contributed by atoms with Crippen molar-refractivity contribution in [1.82, 2.24) is 0 Å². The molecule has 0 aromatic heterocycles. The third-order valence-corrected chi connectivity index (χ3v) is 5.05. The van der Waals surface area contributed by atoms with Crippen molar-refractivity contribution in [2.75, 3.05) is 0 Å². The van der Waals surface area contributed by atoms with Crippen molar-refractivity contribution in [2.45, 2.75) is 20.0 Å². The Morgan fingerprint density at radius 3 is 2.40 bits per heavy atom. The highest BCUT2D eigenvalue weighted by atomic mass is 79.9. The molecule has 0 radical (unpaired) electrons. The first-order valence-electron chi connectivity index (χ1n) is 7.42. The van der Waals surface area contributed by atoms with Crippen molar-refractivity contribution >= 4 is 67.1 Å². The van der Waals surface area contributed by atoms with Crippen LogP contribution < -0.4 is 0 Å². The topological polar surface area (TPSA) is 50.1 Å². The van der Waals surface area contributed by atoms with E-state index in [1.54, 1.807) is 18.2 Å². The van der Waals surface area contributed by atoms with E-state index in [-0.39, 0.29) is 21.7 Å². The van der Waals surface area contributed by atoms with Crippen molar-refractivity contribution in [3.63, 3.8) is 0 Å². The van der Waals surface area contributed by atoms with Crippen LogP contribution in [0.4, 0.5) is 0 Å². The van der Waals surface area contributed by atoms with E-state index in [9.17, 15) is 10.1 Å². The number of ether oxygens (including phenoxy) is 1. The standard InChI is InChI=1S/C18H15Br2Cl2NO2/c1-18(2)12(8-15(21)22)16(18)17(24)25-13(9-23)11-5-3-10(4-6-11)7-14(19)20/h3-8,12-13,16H,1-2H3. The Balaban J connectivity index is 2.10. The monoisotopic (exact) mass is 505 g/mol. The van der Waals surface area contributed by atoms with E-state index in [4.69, 9.17) is 27.9 Å². The van der Waals surface area contributed by atoms with E-state index in [1.807, 2.05) is 38.1 Å². The van der Waals surface area contributed by atoms with Gasteiger partial charge in [-0.3, -0.25) is 4.79 Å². The first-order valence-corrected chi connectivity index (χ1v) is 9.76. The van der Waals surface area contributed by atoms with Gasteiger partial charge in [0.15, 0.2) is 0 Å². The largest absolute Gasteiger partial charge is 0.442 e. The molecule has 0 spiro atoms. The molecule has 1 aromatic carbocycles. The second-order valence-electron chi connectivity index (χ2n) is 6.33. The lowest BCUT2D eigenvalue weighted by Gasteiger charge is -2.12. The molecule has 1 fully saturated rings. The van der Waals surface area contributed by atoms with E-state index in [2.05, 4.69) is 31.9 Å². The van der Waals surface area contributed by atoms with Gasteiger partial charge in [-0.1, -0.05) is 61.3 Å². The fourth-order valence-electron chi connectivity index (χ4n) is 2.83. The molecule has 0 N–H and O–H groups in total. The predicted molar refractivity (Wildman–Crippen MR) is 107 cm³/mol. The Morgan fingerprint density at radius 2 is 1.92 bits per heavy atom. The summed E-state index contributed by atoms with van der Waals surface area (Å²) in [5.74, 6) is -0.866. The average Bonchev–Trinajstić information content (AvgIpc) is 3.05. The van der Waals surface area contributed by atoms with Gasteiger partial charge in [0.2, 0.25) is 6.10 Å². The molecule has 0 saturated heterocycles. The number of carbonyl (C=O) groups excluding carboxylic acids is 1. The Morgan fingerprint density at radius 1 is 1.32 bits per heavy atom. The molecule has 2 rings (SSSR count). The number of rotatable bonds is 5. The smallest absolute Gasteiger partial charge is 0.311 e. The zero-order chi connectivity index (χ0) is 18.8. The number of esters is 1. The Hall–Kier alpha value is -0.800. The van der Waals surface area contributed by atoms with Gasteiger partial charge in [-0.25, -0.2) is 0 Å². The zero-order valence-corrected chi connectivity index (χ0v) is 18.2.